The van der Waals surface area contributed by atoms with Crippen LogP contribution in [0.2, 0.25) is 0 Å². The first-order valence-corrected chi connectivity index (χ1v) is 12.2. The fourth-order valence-electron chi connectivity index (χ4n) is 2.84. The molecule has 0 bridgehead atoms. The van der Waals surface area contributed by atoms with Crippen LogP contribution in [0.5, 0.6) is 5.75 Å². The molecule has 0 radical (unpaired) electrons. The molecule has 4 aromatic rings. The highest BCUT2D eigenvalue weighted by molar-refractivity contribution is 8.00. The number of benzene rings is 2. The van der Waals surface area contributed by atoms with Gasteiger partial charge in [-0.1, -0.05) is 23.5 Å². The number of nitro benzene ring substituents is 1. The first-order valence-electron chi connectivity index (χ1n) is 9.42. The number of anilines is 1. The van der Waals surface area contributed by atoms with Crippen LogP contribution >= 0.6 is 34.9 Å². The van der Waals surface area contributed by atoms with Crippen molar-refractivity contribution in [3.05, 3.63) is 52.1 Å². The number of hydrogen-bond acceptors (Lipinski definition) is 11. The molecule has 1 amide bonds. The largest absolute Gasteiger partial charge is 0.496 e. The fraction of sp³-hybridized carbons (Fsp3) is 0.211. The molecule has 0 aliphatic heterocycles. The number of amides is 1. The first-order chi connectivity index (χ1) is 15.9. The van der Waals surface area contributed by atoms with Crippen LogP contribution < -0.4 is 10.1 Å². The molecular weight excluding hydrogens is 486 g/mol. The standard InChI is InChI=1S/C19H17N7O4S3/c1-25-18(22-23-24-25)31-10-17(27)20-12-3-5-14-16(8-12)33-19(21-14)32-9-11-7-13(26(28)29)4-6-15(11)30-2/h3-8H,9-10H2,1-2H3,(H,20,27). The van der Waals surface area contributed by atoms with Crippen molar-refractivity contribution in [3.8, 4) is 5.75 Å². The van der Waals surface area contributed by atoms with E-state index in [0.717, 1.165) is 20.1 Å². The van der Waals surface area contributed by atoms with Gasteiger partial charge in [0.05, 0.1) is 28.0 Å². The van der Waals surface area contributed by atoms with E-state index in [9.17, 15) is 14.9 Å². The summed E-state index contributed by atoms with van der Waals surface area (Å²) in [4.78, 5) is 27.5. The number of methoxy groups -OCH3 is 1. The summed E-state index contributed by atoms with van der Waals surface area (Å²) < 4.78 is 8.56. The third-order valence-electron chi connectivity index (χ3n) is 4.39. The molecule has 0 saturated carbocycles. The minimum Gasteiger partial charge on any atom is -0.496 e. The van der Waals surface area contributed by atoms with Crippen LogP contribution in [0.15, 0.2) is 45.9 Å². The lowest BCUT2D eigenvalue weighted by molar-refractivity contribution is -0.384. The molecule has 33 heavy (non-hydrogen) atoms. The molecule has 14 heteroatoms. The van der Waals surface area contributed by atoms with Crippen molar-refractivity contribution in [2.24, 2.45) is 7.05 Å². The molecule has 0 unspecified atom stereocenters. The van der Waals surface area contributed by atoms with Gasteiger partial charge >= 0.3 is 0 Å². The van der Waals surface area contributed by atoms with E-state index < -0.39 is 4.92 Å². The molecule has 1 N–H and O–H groups in total. The lowest BCUT2D eigenvalue weighted by atomic mass is 10.2. The number of ether oxygens (including phenoxy) is 1. The minimum atomic E-state index is -0.427. The van der Waals surface area contributed by atoms with Gasteiger partial charge in [0.15, 0.2) is 4.34 Å². The van der Waals surface area contributed by atoms with E-state index in [2.05, 4.69) is 25.8 Å². The van der Waals surface area contributed by atoms with Gasteiger partial charge in [0.2, 0.25) is 11.1 Å². The molecule has 2 aromatic heterocycles. The number of aromatic nitrogens is 5. The van der Waals surface area contributed by atoms with E-state index in [4.69, 9.17) is 4.74 Å². The molecule has 0 saturated heterocycles. The fourth-order valence-corrected chi connectivity index (χ4v) is 5.58. The van der Waals surface area contributed by atoms with E-state index in [0.29, 0.717) is 22.3 Å². The molecule has 11 nitrogen and oxygen atoms in total. The monoisotopic (exact) mass is 503 g/mol. The average Bonchev–Trinajstić information content (AvgIpc) is 3.40. The number of nitrogens with zero attached hydrogens (tertiary/aromatic N) is 6. The molecule has 2 heterocycles. The summed E-state index contributed by atoms with van der Waals surface area (Å²) in [5.41, 5.74) is 2.22. The molecule has 0 spiro atoms. The van der Waals surface area contributed by atoms with Crippen LogP contribution in [-0.2, 0) is 17.6 Å². The maximum atomic E-state index is 12.3. The predicted molar refractivity (Wildman–Crippen MR) is 127 cm³/mol. The summed E-state index contributed by atoms with van der Waals surface area (Å²) in [7, 11) is 3.24. The Kier molecular flexibility index (Phi) is 7.05. The maximum absolute atomic E-state index is 12.3. The summed E-state index contributed by atoms with van der Waals surface area (Å²) in [5.74, 6) is 1.08. The summed E-state index contributed by atoms with van der Waals surface area (Å²) in [5, 5.41) is 25.6. The smallest absolute Gasteiger partial charge is 0.270 e. The Morgan fingerprint density at radius 1 is 1.27 bits per heavy atom. The quantitative estimate of drug-likeness (QED) is 0.204. The van der Waals surface area contributed by atoms with Gasteiger partial charge in [-0.2, -0.15) is 0 Å². The number of nitrogens with one attached hydrogen (secondary N) is 1. The molecule has 0 atom stereocenters. The normalized spacial score (nSPS) is 11.0. The Labute approximate surface area is 200 Å². The van der Waals surface area contributed by atoms with Crippen molar-refractivity contribution >= 4 is 62.4 Å². The van der Waals surface area contributed by atoms with Crippen molar-refractivity contribution in [3.63, 3.8) is 0 Å². The van der Waals surface area contributed by atoms with Gasteiger partial charge in [-0.05, 0) is 34.7 Å². The van der Waals surface area contributed by atoms with Gasteiger partial charge in [-0.3, -0.25) is 14.9 Å². The Hall–Kier alpha value is -3.23. The van der Waals surface area contributed by atoms with E-state index in [1.54, 1.807) is 19.2 Å². The zero-order valence-corrected chi connectivity index (χ0v) is 19.9. The van der Waals surface area contributed by atoms with Gasteiger partial charge in [0.25, 0.3) is 5.69 Å². The topological polar surface area (TPSA) is 138 Å². The Morgan fingerprint density at radius 3 is 2.85 bits per heavy atom. The Balaban J connectivity index is 1.41. The van der Waals surface area contributed by atoms with Crippen molar-refractivity contribution < 1.29 is 14.5 Å². The third kappa shape index (κ3) is 5.58. The number of non-ortho nitro benzene ring substituents is 1. The van der Waals surface area contributed by atoms with E-state index in [1.807, 2.05) is 12.1 Å². The number of thioether (sulfide) groups is 2. The molecule has 2 aromatic carbocycles. The molecular formula is C19H17N7O4S3. The average molecular weight is 504 g/mol. The van der Waals surface area contributed by atoms with Crippen LogP contribution in [0.25, 0.3) is 10.2 Å². The molecule has 4 rings (SSSR count). The van der Waals surface area contributed by atoms with Gasteiger partial charge in [-0.15, -0.1) is 16.4 Å². The molecule has 0 aliphatic carbocycles. The number of thiazole rings is 1. The Bertz CT molecular complexity index is 1320. The second kappa shape index (κ2) is 10.1. The highest BCUT2D eigenvalue weighted by Gasteiger charge is 2.14. The molecule has 0 aliphatic rings. The number of hydrogen-bond donors (Lipinski definition) is 1. The minimum absolute atomic E-state index is 0.0182. The van der Waals surface area contributed by atoms with Gasteiger partial charge in [0.1, 0.15) is 5.75 Å². The second-order valence-electron chi connectivity index (χ2n) is 6.63. The van der Waals surface area contributed by atoms with Gasteiger partial charge < -0.3 is 10.1 Å². The summed E-state index contributed by atoms with van der Waals surface area (Å²) >= 11 is 4.20. The lowest BCUT2D eigenvalue weighted by Gasteiger charge is -2.06. The summed E-state index contributed by atoms with van der Waals surface area (Å²) in [6, 6.07) is 10.1. The van der Waals surface area contributed by atoms with Crippen molar-refractivity contribution in [1.29, 1.82) is 0 Å². The van der Waals surface area contributed by atoms with Gasteiger partial charge in [-0.25, -0.2) is 9.67 Å². The number of tetrazole rings is 1. The summed E-state index contributed by atoms with van der Waals surface area (Å²) in [6.07, 6.45) is 0. The predicted octanol–water partition coefficient (Wildman–Crippen LogP) is 3.76. The number of rotatable bonds is 9. The van der Waals surface area contributed by atoms with Gasteiger partial charge in [0, 0.05) is 36.2 Å². The lowest BCUT2D eigenvalue weighted by Crippen LogP contribution is -2.14. The van der Waals surface area contributed by atoms with Crippen molar-refractivity contribution in [2.75, 3.05) is 18.2 Å². The number of carbonyl (C=O) groups excluding carboxylic acids is 1. The maximum Gasteiger partial charge on any atom is 0.270 e. The number of fused-ring (bicyclic) bond motifs is 1. The molecule has 0 fully saturated rings. The van der Waals surface area contributed by atoms with Crippen molar-refractivity contribution in [2.45, 2.75) is 15.2 Å². The van der Waals surface area contributed by atoms with Crippen LogP contribution in [0, 0.1) is 10.1 Å². The number of nitro groups is 1. The zero-order chi connectivity index (χ0) is 23.4. The van der Waals surface area contributed by atoms with E-state index in [1.165, 1.54) is 58.8 Å². The van der Waals surface area contributed by atoms with Crippen molar-refractivity contribution in [1.82, 2.24) is 25.2 Å². The Morgan fingerprint density at radius 2 is 2.12 bits per heavy atom. The van der Waals surface area contributed by atoms with E-state index in [-0.39, 0.29) is 17.3 Å². The highest BCUT2D eigenvalue weighted by atomic mass is 32.2. The number of carbonyl (C=O) groups is 1. The first kappa shape index (κ1) is 22.9. The zero-order valence-electron chi connectivity index (χ0n) is 17.4. The second-order valence-corrected chi connectivity index (χ2v) is 9.82. The van der Waals surface area contributed by atoms with E-state index >= 15 is 0 Å². The highest BCUT2D eigenvalue weighted by Crippen LogP contribution is 2.35. The third-order valence-corrected chi connectivity index (χ3v) is 7.61. The summed E-state index contributed by atoms with van der Waals surface area (Å²) in [6.45, 7) is 0. The molecule has 170 valence electrons. The van der Waals surface area contributed by atoms with Crippen LogP contribution in [0.1, 0.15) is 5.56 Å². The SMILES string of the molecule is COc1ccc([N+](=O)[O-])cc1CSc1nc2ccc(NC(=O)CSc3nnnn3C)cc2s1. The van der Waals surface area contributed by atoms with Crippen LogP contribution in [0.4, 0.5) is 11.4 Å². The van der Waals surface area contributed by atoms with Crippen LogP contribution in [-0.4, -0.2) is 48.9 Å². The van der Waals surface area contributed by atoms with Crippen LogP contribution in [0.3, 0.4) is 0 Å². The number of aryl methyl sites for hydroxylation is 1.